The second-order valence-corrected chi connectivity index (χ2v) is 8.09. The minimum atomic E-state index is -3.04. The molecule has 2 heterocycles. The molecule has 2 saturated heterocycles. The van der Waals surface area contributed by atoms with Crippen LogP contribution in [0.15, 0.2) is 30.3 Å². The number of likely N-dealkylation sites (tertiary alicyclic amines) is 1. The van der Waals surface area contributed by atoms with Gasteiger partial charge in [0.25, 0.3) is 0 Å². The lowest BCUT2D eigenvalue weighted by atomic mass is 10.1. The molecular formula is C15H18N2O4S. The van der Waals surface area contributed by atoms with Crippen LogP contribution >= 0.6 is 0 Å². The Kier molecular flexibility index (Phi) is 3.90. The molecule has 2 aliphatic rings. The Hall–Kier alpha value is -1.89. The smallest absolute Gasteiger partial charge is 0.229 e. The highest BCUT2D eigenvalue weighted by Crippen LogP contribution is 2.26. The third kappa shape index (κ3) is 3.14. The second kappa shape index (κ2) is 5.72. The Morgan fingerprint density at radius 1 is 1.23 bits per heavy atom. The molecule has 0 aliphatic carbocycles. The molecule has 2 atom stereocenters. The summed E-state index contributed by atoms with van der Waals surface area (Å²) in [5.74, 6) is -0.595. The molecule has 0 spiro atoms. The van der Waals surface area contributed by atoms with E-state index < -0.39 is 15.8 Å². The number of para-hydroxylation sites is 1. The zero-order valence-electron chi connectivity index (χ0n) is 12.1. The Balaban J connectivity index is 1.63. The highest BCUT2D eigenvalue weighted by molar-refractivity contribution is 7.91. The summed E-state index contributed by atoms with van der Waals surface area (Å²) < 4.78 is 23.1. The van der Waals surface area contributed by atoms with Crippen molar-refractivity contribution in [3.05, 3.63) is 30.3 Å². The van der Waals surface area contributed by atoms with Gasteiger partial charge in [-0.3, -0.25) is 9.59 Å². The number of carbonyl (C=O) groups excluding carboxylic acids is 2. The molecule has 22 heavy (non-hydrogen) atoms. The van der Waals surface area contributed by atoms with Gasteiger partial charge < -0.3 is 10.2 Å². The molecule has 0 bridgehead atoms. The number of rotatable bonds is 3. The standard InChI is InChI=1S/C15H18N2O4S/c18-14-8-11(15(19)16-12-4-2-1-3-5-12)9-17(14)13-6-7-22(20,21)10-13/h1-5,11,13H,6-10H2,(H,16,19). The van der Waals surface area contributed by atoms with E-state index in [4.69, 9.17) is 0 Å². The predicted molar refractivity (Wildman–Crippen MR) is 82.0 cm³/mol. The summed E-state index contributed by atoms with van der Waals surface area (Å²) >= 11 is 0. The summed E-state index contributed by atoms with van der Waals surface area (Å²) in [5.41, 5.74) is 0.696. The van der Waals surface area contributed by atoms with E-state index >= 15 is 0 Å². The van der Waals surface area contributed by atoms with Gasteiger partial charge in [0.15, 0.2) is 9.84 Å². The van der Waals surface area contributed by atoms with E-state index in [2.05, 4.69) is 5.32 Å². The van der Waals surface area contributed by atoms with Crippen LogP contribution in [0.25, 0.3) is 0 Å². The van der Waals surface area contributed by atoms with E-state index in [1.807, 2.05) is 18.2 Å². The quantitative estimate of drug-likeness (QED) is 0.886. The SMILES string of the molecule is O=C(Nc1ccccc1)C1CC(=O)N(C2CCS(=O)(=O)C2)C1. The van der Waals surface area contributed by atoms with Crippen LogP contribution in [0.3, 0.4) is 0 Å². The fraction of sp³-hybridized carbons (Fsp3) is 0.467. The molecule has 6 nitrogen and oxygen atoms in total. The Morgan fingerprint density at radius 2 is 1.95 bits per heavy atom. The monoisotopic (exact) mass is 322 g/mol. The fourth-order valence-corrected chi connectivity index (χ4v) is 4.78. The maximum atomic E-state index is 12.2. The van der Waals surface area contributed by atoms with Gasteiger partial charge in [0.2, 0.25) is 11.8 Å². The normalized spacial score (nSPS) is 27.1. The van der Waals surface area contributed by atoms with Crippen LogP contribution in [-0.4, -0.2) is 49.2 Å². The zero-order valence-corrected chi connectivity index (χ0v) is 12.9. The molecule has 3 rings (SSSR count). The molecule has 0 radical (unpaired) electrons. The summed E-state index contributed by atoms with van der Waals surface area (Å²) in [7, 11) is -3.04. The van der Waals surface area contributed by atoms with Gasteiger partial charge >= 0.3 is 0 Å². The molecule has 1 N–H and O–H groups in total. The maximum Gasteiger partial charge on any atom is 0.229 e. The average molecular weight is 322 g/mol. The highest BCUT2D eigenvalue weighted by Gasteiger charge is 2.41. The van der Waals surface area contributed by atoms with E-state index in [9.17, 15) is 18.0 Å². The van der Waals surface area contributed by atoms with Crippen molar-refractivity contribution in [3.8, 4) is 0 Å². The Morgan fingerprint density at radius 3 is 2.59 bits per heavy atom. The van der Waals surface area contributed by atoms with E-state index in [-0.39, 0.29) is 35.8 Å². The molecule has 1 aromatic rings. The number of nitrogens with zero attached hydrogens (tertiary/aromatic N) is 1. The summed E-state index contributed by atoms with van der Waals surface area (Å²) in [5, 5.41) is 2.80. The fourth-order valence-electron chi connectivity index (χ4n) is 3.05. The Labute approximate surface area is 129 Å². The molecule has 2 fully saturated rings. The molecule has 2 aliphatic heterocycles. The van der Waals surface area contributed by atoms with Gasteiger partial charge in [0.05, 0.1) is 17.4 Å². The summed E-state index contributed by atoms with van der Waals surface area (Å²) in [6, 6.07) is 8.81. The first-order valence-electron chi connectivity index (χ1n) is 7.30. The van der Waals surface area contributed by atoms with E-state index in [0.29, 0.717) is 18.7 Å². The van der Waals surface area contributed by atoms with Crippen LogP contribution in [0.1, 0.15) is 12.8 Å². The number of hydrogen-bond donors (Lipinski definition) is 1. The first-order valence-corrected chi connectivity index (χ1v) is 9.12. The molecule has 1 aromatic carbocycles. The largest absolute Gasteiger partial charge is 0.338 e. The van der Waals surface area contributed by atoms with Crippen LogP contribution in [0.2, 0.25) is 0 Å². The van der Waals surface area contributed by atoms with Gasteiger partial charge in [-0.15, -0.1) is 0 Å². The lowest BCUT2D eigenvalue weighted by Gasteiger charge is -2.22. The Bertz CT molecular complexity index is 687. The molecule has 118 valence electrons. The van der Waals surface area contributed by atoms with Crippen molar-refractivity contribution in [2.45, 2.75) is 18.9 Å². The van der Waals surface area contributed by atoms with E-state index in [1.165, 1.54) is 0 Å². The number of benzene rings is 1. The van der Waals surface area contributed by atoms with Crippen LogP contribution in [0.5, 0.6) is 0 Å². The zero-order chi connectivity index (χ0) is 15.7. The number of sulfone groups is 1. The third-order valence-electron chi connectivity index (χ3n) is 4.22. The minimum Gasteiger partial charge on any atom is -0.338 e. The van der Waals surface area contributed by atoms with Gasteiger partial charge in [0, 0.05) is 24.7 Å². The van der Waals surface area contributed by atoms with Gasteiger partial charge in [0.1, 0.15) is 0 Å². The van der Waals surface area contributed by atoms with Crippen molar-refractivity contribution in [2.24, 2.45) is 5.92 Å². The van der Waals surface area contributed by atoms with Crippen molar-refractivity contribution in [3.63, 3.8) is 0 Å². The summed E-state index contributed by atoms with van der Waals surface area (Å²) in [6.07, 6.45) is 0.621. The molecule has 2 unspecified atom stereocenters. The lowest BCUT2D eigenvalue weighted by molar-refractivity contribution is -0.129. The van der Waals surface area contributed by atoms with Gasteiger partial charge in [-0.2, -0.15) is 0 Å². The van der Waals surface area contributed by atoms with Gasteiger partial charge in [-0.1, -0.05) is 18.2 Å². The van der Waals surface area contributed by atoms with E-state index in [1.54, 1.807) is 17.0 Å². The van der Waals surface area contributed by atoms with Crippen LogP contribution < -0.4 is 5.32 Å². The van der Waals surface area contributed by atoms with Crippen molar-refractivity contribution in [1.82, 2.24) is 4.90 Å². The number of nitrogens with one attached hydrogen (secondary N) is 1. The molecular weight excluding hydrogens is 304 g/mol. The summed E-state index contributed by atoms with van der Waals surface area (Å²) in [4.78, 5) is 25.9. The number of carbonyl (C=O) groups is 2. The van der Waals surface area contributed by atoms with Crippen molar-refractivity contribution in [1.29, 1.82) is 0 Å². The van der Waals surface area contributed by atoms with Crippen molar-refractivity contribution < 1.29 is 18.0 Å². The number of amides is 2. The van der Waals surface area contributed by atoms with Crippen molar-refractivity contribution >= 4 is 27.3 Å². The van der Waals surface area contributed by atoms with Crippen LogP contribution in [0.4, 0.5) is 5.69 Å². The first-order chi connectivity index (χ1) is 10.4. The second-order valence-electron chi connectivity index (χ2n) is 5.86. The van der Waals surface area contributed by atoms with Crippen LogP contribution in [0, 0.1) is 5.92 Å². The topological polar surface area (TPSA) is 83.6 Å². The van der Waals surface area contributed by atoms with Gasteiger partial charge in [-0.05, 0) is 18.6 Å². The molecule has 0 saturated carbocycles. The highest BCUT2D eigenvalue weighted by atomic mass is 32.2. The minimum absolute atomic E-state index is 0.0196. The van der Waals surface area contributed by atoms with Gasteiger partial charge in [-0.25, -0.2) is 8.42 Å². The maximum absolute atomic E-state index is 12.2. The number of anilines is 1. The number of hydrogen-bond acceptors (Lipinski definition) is 4. The lowest BCUT2D eigenvalue weighted by Crippen LogP contribution is -2.38. The van der Waals surface area contributed by atoms with Crippen LogP contribution in [-0.2, 0) is 19.4 Å². The molecule has 7 heteroatoms. The predicted octanol–water partition coefficient (Wildman–Crippen LogP) is 0.661. The molecule has 0 aromatic heterocycles. The average Bonchev–Trinajstić information content (AvgIpc) is 3.02. The summed E-state index contributed by atoms with van der Waals surface area (Å²) in [6.45, 7) is 0.303. The first kappa shape index (κ1) is 15.0. The molecule has 2 amide bonds. The van der Waals surface area contributed by atoms with E-state index in [0.717, 1.165) is 0 Å². The third-order valence-corrected chi connectivity index (χ3v) is 5.97. The van der Waals surface area contributed by atoms with Crippen molar-refractivity contribution in [2.75, 3.05) is 23.4 Å².